The average molecular weight is 271 g/mol. The van der Waals surface area contributed by atoms with Crippen LogP contribution in [0.5, 0.6) is 5.75 Å². The first-order chi connectivity index (χ1) is 9.49. The molecule has 0 spiro atoms. The van der Waals surface area contributed by atoms with Crippen LogP contribution in [0, 0.1) is 0 Å². The molecule has 2 aromatic rings. The molecule has 2 rings (SSSR count). The minimum Gasteiger partial charge on any atom is -0.508 e. The van der Waals surface area contributed by atoms with Gasteiger partial charge in [0.2, 0.25) is 0 Å². The lowest BCUT2D eigenvalue weighted by Crippen LogP contribution is -2.38. The highest BCUT2D eigenvalue weighted by Crippen LogP contribution is 2.19. The number of hydrogen-bond acceptors (Lipinski definition) is 3. The number of benzene rings is 2. The monoisotopic (exact) mass is 271 g/mol. The Hall–Kier alpha value is -2.33. The zero-order chi connectivity index (χ0) is 14.6. The number of carbonyl (C=O) groups excluding carboxylic acids is 1. The van der Waals surface area contributed by atoms with Crippen molar-refractivity contribution in [2.24, 2.45) is 0 Å². The maximum atomic E-state index is 11.9. The molecule has 0 aliphatic rings. The van der Waals surface area contributed by atoms with E-state index in [0.717, 1.165) is 5.56 Å². The Morgan fingerprint density at radius 1 is 1.15 bits per heavy atom. The summed E-state index contributed by atoms with van der Waals surface area (Å²) in [7, 11) is 0. The van der Waals surface area contributed by atoms with Crippen LogP contribution in [0.1, 0.15) is 22.8 Å². The minimum atomic E-state index is -1.15. The number of phenols is 1. The van der Waals surface area contributed by atoms with E-state index in [1.165, 1.54) is 12.1 Å². The molecule has 2 aromatic carbocycles. The number of aromatic hydroxyl groups is 1. The molecule has 0 aliphatic carbocycles. The number of nitrogens with one attached hydrogen (secondary N) is 1. The van der Waals surface area contributed by atoms with Gasteiger partial charge in [0.25, 0.3) is 5.91 Å². The second kappa shape index (κ2) is 5.75. The van der Waals surface area contributed by atoms with E-state index in [1.54, 1.807) is 31.2 Å². The van der Waals surface area contributed by atoms with Crippen molar-refractivity contribution in [1.82, 2.24) is 5.32 Å². The smallest absolute Gasteiger partial charge is 0.251 e. The van der Waals surface area contributed by atoms with Crippen LogP contribution in [0.2, 0.25) is 0 Å². The lowest BCUT2D eigenvalue weighted by atomic mass is 9.96. The highest BCUT2D eigenvalue weighted by atomic mass is 16.3. The summed E-state index contributed by atoms with van der Waals surface area (Å²) in [6.45, 7) is 1.73. The molecule has 0 saturated heterocycles. The van der Waals surface area contributed by atoms with Gasteiger partial charge >= 0.3 is 0 Å². The molecule has 0 saturated carbocycles. The van der Waals surface area contributed by atoms with Crippen molar-refractivity contribution >= 4 is 5.91 Å². The summed E-state index contributed by atoms with van der Waals surface area (Å²) in [5.74, 6) is -0.301. The number of rotatable bonds is 4. The summed E-state index contributed by atoms with van der Waals surface area (Å²) in [6.07, 6.45) is 0. The van der Waals surface area contributed by atoms with E-state index in [9.17, 15) is 15.0 Å². The molecule has 0 radical (unpaired) electrons. The standard InChI is InChI=1S/C16H17NO3/c1-16(20,13-7-3-2-4-8-13)11-17-15(19)12-6-5-9-14(18)10-12/h2-10,18,20H,11H2,1H3,(H,17,19). The SMILES string of the molecule is CC(O)(CNC(=O)c1cccc(O)c1)c1ccccc1. The highest BCUT2D eigenvalue weighted by Gasteiger charge is 2.23. The third-order valence-electron chi connectivity index (χ3n) is 3.10. The fourth-order valence-electron chi connectivity index (χ4n) is 1.90. The van der Waals surface area contributed by atoms with Crippen molar-refractivity contribution in [1.29, 1.82) is 0 Å². The van der Waals surface area contributed by atoms with Gasteiger partial charge in [-0.15, -0.1) is 0 Å². The van der Waals surface area contributed by atoms with Crippen molar-refractivity contribution in [3.8, 4) is 5.75 Å². The molecule has 3 N–H and O–H groups in total. The number of amides is 1. The fourth-order valence-corrected chi connectivity index (χ4v) is 1.90. The zero-order valence-electron chi connectivity index (χ0n) is 11.2. The largest absolute Gasteiger partial charge is 0.508 e. The maximum absolute atomic E-state index is 11.9. The van der Waals surface area contributed by atoms with E-state index in [2.05, 4.69) is 5.32 Å². The molecule has 0 heterocycles. The molecule has 4 nitrogen and oxygen atoms in total. The average Bonchev–Trinajstić information content (AvgIpc) is 2.46. The normalized spacial score (nSPS) is 13.5. The third kappa shape index (κ3) is 3.36. The Kier molecular flexibility index (Phi) is 4.05. The van der Waals surface area contributed by atoms with Crippen molar-refractivity contribution in [3.63, 3.8) is 0 Å². The van der Waals surface area contributed by atoms with Crippen LogP contribution in [-0.4, -0.2) is 22.7 Å². The molecule has 0 aromatic heterocycles. The van der Waals surface area contributed by atoms with Gasteiger partial charge in [-0.1, -0.05) is 36.4 Å². The Bertz CT molecular complexity index is 594. The lowest BCUT2D eigenvalue weighted by Gasteiger charge is -2.24. The molecule has 4 heteroatoms. The molecule has 104 valence electrons. The van der Waals surface area contributed by atoms with Crippen LogP contribution in [0.15, 0.2) is 54.6 Å². The molecule has 20 heavy (non-hydrogen) atoms. The van der Waals surface area contributed by atoms with E-state index in [1.807, 2.05) is 18.2 Å². The summed E-state index contributed by atoms with van der Waals surface area (Å²) >= 11 is 0. The van der Waals surface area contributed by atoms with Gasteiger partial charge in [0.05, 0.1) is 6.54 Å². The second-order valence-electron chi connectivity index (χ2n) is 4.87. The third-order valence-corrected chi connectivity index (χ3v) is 3.10. The molecule has 0 bridgehead atoms. The number of hydrogen-bond donors (Lipinski definition) is 3. The van der Waals surface area contributed by atoms with E-state index in [0.29, 0.717) is 5.56 Å². The molecular weight excluding hydrogens is 254 g/mol. The Morgan fingerprint density at radius 3 is 2.50 bits per heavy atom. The second-order valence-corrected chi connectivity index (χ2v) is 4.87. The minimum absolute atomic E-state index is 0.0347. The van der Waals surface area contributed by atoms with Crippen LogP contribution in [0.3, 0.4) is 0 Å². The molecular formula is C16H17NO3. The summed E-state index contributed by atoms with van der Waals surface area (Å²) in [6, 6.07) is 15.2. The van der Waals surface area contributed by atoms with Gasteiger partial charge in [0, 0.05) is 5.56 Å². The van der Waals surface area contributed by atoms with Crippen LogP contribution < -0.4 is 5.32 Å². The van der Waals surface area contributed by atoms with Crippen molar-refractivity contribution in [3.05, 3.63) is 65.7 Å². The van der Waals surface area contributed by atoms with E-state index in [-0.39, 0.29) is 18.2 Å². The number of phenolic OH excluding ortho intramolecular Hbond substituents is 1. The summed E-state index contributed by atoms with van der Waals surface area (Å²) in [5.41, 5.74) is -0.0571. The van der Waals surface area contributed by atoms with Gasteiger partial charge in [0.15, 0.2) is 0 Å². The first-order valence-corrected chi connectivity index (χ1v) is 6.34. The zero-order valence-corrected chi connectivity index (χ0v) is 11.2. The Balaban J connectivity index is 2.03. The van der Waals surface area contributed by atoms with Crippen LogP contribution >= 0.6 is 0 Å². The van der Waals surface area contributed by atoms with Crippen molar-refractivity contribution in [2.75, 3.05) is 6.54 Å². The fraction of sp³-hybridized carbons (Fsp3) is 0.188. The molecule has 0 aliphatic heterocycles. The van der Waals surface area contributed by atoms with Crippen LogP contribution in [0.4, 0.5) is 0 Å². The van der Waals surface area contributed by atoms with Crippen molar-refractivity contribution < 1.29 is 15.0 Å². The van der Waals surface area contributed by atoms with Crippen molar-refractivity contribution in [2.45, 2.75) is 12.5 Å². The first kappa shape index (κ1) is 14.1. The Morgan fingerprint density at radius 2 is 1.85 bits per heavy atom. The van der Waals surface area contributed by atoms with Gasteiger partial charge in [0.1, 0.15) is 11.4 Å². The summed E-state index contributed by atoms with van der Waals surface area (Å²) in [4.78, 5) is 11.9. The first-order valence-electron chi connectivity index (χ1n) is 6.34. The van der Waals surface area contributed by atoms with Gasteiger partial charge in [-0.3, -0.25) is 4.79 Å². The number of carbonyl (C=O) groups is 1. The summed E-state index contributed by atoms with van der Waals surface area (Å²) in [5, 5.41) is 22.4. The highest BCUT2D eigenvalue weighted by molar-refractivity contribution is 5.94. The maximum Gasteiger partial charge on any atom is 0.251 e. The lowest BCUT2D eigenvalue weighted by molar-refractivity contribution is 0.0526. The number of aliphatic hydroxyl groups is 1. The predicted molar refractivity (Wildman–Crippen MR) is 76.5 cm³/mol. The molecule has 0 fully saturated rings. The topological polar surface area (TPSA) is 69.6 Å². The Labute approximate surface area is 117 Å². The molecule has 1 atom stereocenters. The van der Waals surface area contributed by atoms with Gasteiger partial charge in [-0.2, -0.15) is 0 Å². The van der Waals surface area contributed by atoms with Gasteiger partial charge in [-0.25, -0.2) is 0 Å². The predicted octanol–water partition coefficient (Wildman–Crippen LogP) is 2.03. The van der Waals surface area contributed by atoms with Crippen LogP contribution in [0.25, 0.3) is 0 Å². The molecule has 1 unspecified atom stereocenters. The molecule has 1 amide bonds. The van der Waals surface area contributed by atoms with Gasteiger partial charge < -0.3 is 15.5 Å². The van der Waals surface area contributed by atoms with Crippen LogP contribution in [-0.2, 0) is 5.60 Å². The quantitative estimate of drug-likeness (QED) is 0.797. The van der Waals surface area contributed by atoms with E-state index >= 15 is 0 Å². The van der Waals surface area contributed by atoms with E-state index in [4.69, 9.17) is 0 Å². The van der Waals surface area contributed by atoms with E-state index < -0.39 is 5.60 Å². The van der Waals surface area contributed by atoms with Gasteiger partial charge in [-0.05, 0) is 30.7 Å². The summed E-state index contributed by atoms with van der Waals surface area (Å²) < 4.78 is 0.